The molecule has 0 radical (unpaired) electrons. The molecule has 30 heavy (non-hydrogen) atoms. The number of hydrogen-bond donors (Lipinski definition) is 1. The number of amides is 1. The van der Waals surface area contributed by atoms with E-state index in [2.05, 4.69) is 20.6 Å². The van der Waals surface area contributed by atoms with Crippen molar-refractivity contribution in [2.45, 2.75) is 25.4 Å². The van der Waals surface area contributed by atoms with Crippen molar-refractivity contribution in [1.82, 2.24) is 29.8 Å². The molecular formula is C20H18N6O3S. The van der Waals surface area contributed by atoms with Crippen molar-refractivity contribution < 1.29 is 9.32 Å². The van der Waals surface area contributed by atoms with Gasteiger partial charge in [0.05, 0.1) is 11.4 Å². The van der Waals surface area contributed by atoms with Crippen LogP contribution in [0.1, 0.15) is 29.4 Å². The summed E-state index contributed by atoms with van der Waals surface area (Å²) in [6.45, 7) is 0.501. The molecule has 4 aromatic rings. The van der Waals surface area contributed by atoms with Gasteiger partial charge >= 0.3 is 5.69 Å². The molecule has 0 aliphatic heterocycles. The van der Waals surface area contributed by atoms with Gasteiger partial charge < -0.3 is 9.84 Å². The molecule has 0 saturated heterocycles. The monoisotopic (exact) mass is 422 g/mol. The van der Waals surface area contributed by atoms with Gasteiger partial charge in [-0.05, 0) is 36.4 Å². The van der Waals surface area contributed by atoms with Crippen LogP contribution in [0.15, 0.2) is 57.4 Å². The highest BCUT2D eigenvalue weighted by Gasteiger charge is 2.30. The van der Waals surface area contributed by atoms with E-state index in [0.29, 0.717) is 11.6 Å². The lowest BCUT2D eigenvalue weighted by Crippen LogP contribution is -2.32. The van der Waals surface area contributed by atoms with Crippen LogP contribution in [0.25, 0.3) is 22.0 Å². The molecule has 4 aromatic heterocycles. The van der Waals surface area contributed by atoms with Gasteiger partial charge in [-0.15, -0.1) is 16.4 Å². The highest BCUT2D eigenvalue weighted by molar-refractivity contribution is 7.13. The lowest BCUT2D eigenvalue weighted by molar-refractivity contribution is 0.0943. The fourth-order valence-corrected chi connectivity index (χ4v) is 3.88. The Morgan fingerprint density at radius 3 is 2.93 bits per heavy atom. The molecule has 1 N–H and O–H groups in total. The number of rotatable bonds is 7. The molecule has 9 nitrogen and oxygen atoms in total. The van der Waals surface area contributed by atoms with Crippen LogP contribution < -0.4 is 11.0 Å². The predicted octanol–water partition coefficient (Wildman–Crippen LogP) is 2.59. The lowest BCUT2D eigenvalue weighted by Gasteiger charge is -2.02. The lowest BCUT2D eigenvalue weighted by atomic mass is 10.3. The summed E-state index contributed by atoms with van der Waals surface area (Å²) in [5.41, 5.74) is 0.824. The van der Waals surface area contributed by atoms with E-state index in [1.165, 1.54) is 16.0 Å². The number of pyridine rings is 1. The van der Waals surface area contributed by atoms with Crippen LogP contribution in [-0.4, -0.2) is 36.9 Å². The van der Waals surface area contributed by atoms with Crippen LogP contribution in [0, 0.1) is 0 Å². The van der Waals surface area contributed by atoms with E-state index in [1.807, 2.05) is 29.6 Å². The molecule has 0 unspecified atom stereocenters. The summed E-state index contributed by atoms with van der Waals surface area (Å²) in [6.07, 6.45) is 5.31. The summed E-state index contributed by atoms with van der Waals surface area (Å²) in [5.74, 6) is 0.804. The van der Waals surface area contributed by atoms with E-state index in [4.69, 9.17) is 4.52 Å². The highest BCUT2D eigenvalue weighted by Crippen LogP contribution is 2.36. The first kappa shape index (κ1) is 18.5. The molecule has 1 aliphatic carbocycles. The van der Waals surface area contributed by atoms with Gasteiger partial charge in [-0.25, -0.2) is 9.48 Å². The van der Waals surface area contributed by atoms with Gasteiger partial charge in [0.15, 0.2) is 17.3 Å². The quantitative estimate of drug-likeness (QED) is 0.490. The van der Waals surface area contributed by atoms with Crippen LogP contribution >= 0.6 is 11.3 Å². The molecule has 1 fully saturated rings. The van der Waals surface area contributed by atoms with E-state index in [0.717, 1.165) is 23.3 Å². The Labute approximate surface area is 175 Å². The van der Waals surface area contributed by atoms with Crippen molar-refractivity contribution in [3.63, 3.8) is 0 Å². The first-order chi connectivity index (χ1) is 14.7. The molecule has 0 bridgehead atoms. The average Bonchev–Trinajstić information content (AvgIpc) is 3.17. The number of nitrogens with zero attached hydrogens (tertiary/aromatic N) is 5. The Bertz CT molecular complexity index is 1220. The number of thiophene rings is 1. The molecule has 0 spiro atoms. The average molecular weight is 422 g/mol. The SMILES string of the molecule is O=C(NCCn1nc(-c2cccnc2)n(C2CC2)c1=O)c1cc(-c2cccs2)on1. The van der Waals surface area contributed by atoms with Crippen molar-refractivity contribution in [3.8, 4) is 22.0 Å². The number of hydrogen-bond acceptors (Lipinski definition) is 7. The fraction of sp³-hybridized carbons (Fsp3) is 0.250. The number of carbonyl (C=O) groups excluding carboxylic acids is 1. The third-order valence-corrected chi connectivity index (χ3v) is 5.70. The first-order valence-electron chi connectivity index (χ1n) is 9.59. The number of carbonyl (C=O) groups is 1. The van der Waals surface area contributed by atoms with E-state index in [1.54, 1.807) is 23.0 Å². The first-order valence-corrected chi connectivity index (χ1v) is 10.5. The van der Waals surface area contributed by atoms with E-state index in [-0.39, 0.29) is 36.4 Å². The van der Waals surface area contributed by atoms with Crippen LogP contribution in [-0.2, 0) is 6.54 Å². The van der Waals surface area contributed by atoms with Crippen molar-refractivity contribution >= 4 is 17.2 Å². The van der Waals surface area contributed by atoms with Gasteiger partial charge in [0.1, 0.15) is 0 Å². The minimum absolute atomic E-state index is 0.174. The Kier molecular flexibility index (Phi) is 4.75. The molecule has 0 atom stereocenters. The van der Waals surface area contributed by atoms with Gasteiger partial charge in [0, 0.05) is 36.6 Å². The normalized spacial score (nSPS) is 13.5. The minimum atomic E-state index is -0.358. The third-order valence-electron chi connectivity index (χ3n) is 4.82. The van der Waals surface area contributed by atoms with E-state index in [9.17, 15) is 9.59 Å². The minimum Gasteiger partial charge on any atom is -0.355 e. The Balaban J connectivity index is 1.28. The van der Waals surface area contributed by atoms with Crippen molar-refractivity contribution in [1.29, 1.82) is 0 Å². The van der Waals surface area contributed by atoms with Crippen molar-refractivity contribution in [2.75, 3.05) is 6.54 Å². The zero-order chi connectivity index (χ0) is 20.5. The standard InChI is InChI=1S/C20H18N6O3S/c27-19(15-11-16(29-24-15)17-4-2-10-30-17)22-8-9-25-20(28)26(14-5-6-14)18(23-25)13-3-1-7-21-12-13/h1-4,7,10-12,14H,5-6,8-9H2,(H,22,27). The second-order valence-corrected chi connectivity index (χ2v) is 7.93. The summed E-state index contributed by atoms with van der Waals surface area (Å²) >= 11 is 1.51. The fourth-order valence-electron chi connectivity index (χ4n) is 3.20. The molecule has 1 aliphatic rings. The van der Waals surface area contributed by atoms with Crippen molar-refractivity contribution in [3.05, 3.63) is 64.3 Å². The van der Waals surface area contributed by atoms with Gasteiger partial charge in [-0.3, -0.25) is 14.3 Å². The second kappa shape index (κ2) is 7.71. The Morgan fingerprint density at radius 1 is 1.30 bits per heavy atom. The topological polar surface area (TPSA) is 108 Å². The van der Waals surface area contributed by atoms with Crippen LogP contribution in [0.2, 0.25) is 0 Å². The summed E-state index contributed by atoms with van der Waals surface area (Å²) in [4.78, 5) is 30.2. The summed E-state index contributed by atoms with van der Waals surface area (Å²) < 4.78 is 8.35. The van der Waals surface area contributed by atoms with Crippen LogP contribution in [0.3, 0.4) is 0 Å². The smallest absolute Gasteiger partial charge is 0.346 e. The van der Waals surface area contributed by atoms with Gasteiger partial charge in [0.25, 0.3) is 5.91 Å². The molecule has 10 heteroatoms. The molecule has 5 rings (SSSR count). The summed E-state index contributed by atoms with van der Waals surface area (Å²) in [7, 11) is 0. The van der Waals surface area contributed by atoms with Gasteiger partial charge in [0.2, 0.25) is 0 Å². The molecule has 152 valence electrons. The maximum atomic E-state index is 12.8. The zero-order valence-electron chi connectivity index (χ0n) is 15.9. The van der Waals surface area contributed by atoms with E-state index < -0.39 is 0 Å². The van der Waals surface area contributed by atoms with Crippen LogP contribution in [0.4, 0.5) is 0 Å². The third kappa shape index (κ3) is 3.57. The Morgan fingerprint density at radius 2 is 2.20 bits per heavy atom. The van der Waals surface area contributed by atoms with E-state index >= 15 is 0 Å². The summed E-state index contributed by atoms with van der Waals surface area (Å²) in [6, 6.07) is 9.29. The maximum absolute atomic E-state index is 12.8. The van der Waals surface area contributed by atoms with Crippen molar-refractivity contribution in [2.24, 2.45) is 0 Å². The largest absolute Gasteiger partial charge is 0.355 e. The molecule has 4 heterocycles. The molecule has 1 amide bonds. The zero-order valence-corrected chi connectivity index (χ0v) is 16.7. The molecular weight excluding hydrogens is 404 g/mol. The Hall–Kier alpha value is -3.53. The van der Waals surface area contributed by atoms with Gasteiger partial charge in [-0.2, -0.15) is 0 Å². The molecule has 0 aromatic carbocycles. The second-order valence-electron chi connectivity index (χ2n) is 6.98. The number of aromatic nitrogens is 5. The predicted molar refractivity (Wildman–Crippen MR) is 110 cm³/mol. The maximum Gasteiger partial charge on any atom is 0.346 e. The highest BCUT2D eigenvalue weighted by atomic mass is 32.1. The number of nitrogens with one attached hydrogen (secondary N) is 1. The van der Waals surface area contributed by atoms with Gasteiger partial charge in [-0.1, -0.05) is 11.2 Å². The van der Waals surface area contributed by atoms with Crippen LogP contribution in [0.5, 0.6) is 0 Å². The molecule has 1 saturated carbocycles. The summed E-state index contributed by atoms with van der Waals surface area (Å²) in [5, 5.41) is 13.0.